The third-order valence-electron chi connectivity index (χ3n) is 5.12. The number of aromatic nitrogens is 3. The number of imidazole rings is 1. The number of hydrogen-bond donors (Lipinski definition) is 1. The van der Waals surface area contributed by atoms with E-state index in [1.165, 1.54) is 0 Å². The standard InChI is InChI=1S/C20H20N4O3/c1-12-5-15(8-21-20(12)27)19-22-16-6-13(11-25)3-4-17(16)24(19)10-14-7-18(26)23(2)9-14/h3-6,8,11,14H,7,9-10H2,1-2H3,(H,21,27). The Balaban J connectivity index is 1.85. The zero-order chi connectivity index (χ0) is 19.1. The summed E-state index contributed by atoms with van der Waals surface area (Å²) in [7, 11) is 1.82. The molecule has 1 fully saturated rings. The molecule has 1 unspecified atom stereocenters. The van der Waals surface area contributed by atoms with E-state index in [0.717, 1.165) is 28.7 Å². The normalized spacial score (nSPS) is 17.0. The van der Waals surface area contributed by atoms with Gasteiger partial charge in [0.05, 0.1) is 11.0 Å². The maximum Gasteiger partial charge on any atom is 0.250 e. The molecule has 1 saturated heterocycles. The van der Waals surface area contributed by atoms with Gasteiger partial charge in [-0.25, -0.2) is 4.98 Å². The fourth-order valence-electron chi connectivity index (χ4n) is 3.69. The summed E-state index contributed by atoms with van der Waals surface area (Å²) in [6, 6.07) is 7.21. The van der Waals surface area contributed by atoms with E-state index in [1.54, 1.807) is 30.2 Å². The molecule has 0 spiro atoms. The van der Waals surface area contributed by atoms with Crippen LogP contribution in [0.15, 0.2) is 35.3 Å². The number of hydrogen-bond acceptors (Lipinski definition) is 4. The first-order chi connectivity index (χ1) is 13.0. The second-order valence-corrected chi connectivity index (χ2v) is 7.16. The van der Waals surface area contributed by atoms with E-state index in [2.05, 4.69) is 9.55 Å². The lowest BCUT2D eigenvalue weighted by atomic mass is 10.1. The van der Waals surface area contributed by atoms with Crippen molar-refractivity contribution in [2.45, 2.75) is 19.9 Å². The molecule has 138 valence electrons. The fourth-order valence-corrected chi connectivity index (χ4v) is 3.69. The Labute approximate surface area is 155 Å². The molecule has 2 aromatic heterocycles. The van der Waals surface area contributed by atoms with Crippen LogP contribution in [0.3, 0.4) is 0 Å². The van der Waals surface area contributed by atoms with E-state index >= 15 is 0 Å². The Morgan fingerprint density at radius 1 is 1.30 bits per heavy atom. The van der Waals surface area contributed by atoms with E-state index in [0.29, 0.717) is 30.6 Å². The average molecular weight is 364 g/mol. The minimum atomic E-state index is -0.132. The Kier molecular flexibility index (Phi) is 4.14. The Hall–Kier alpha value is -3.22. The Morgan fingerprint density at radius 2 is 2.11 bits per heavy atom. The summed E-state index contributed by atoms with van der Waals surface area (Å²) < 4.78 is 2.08. The molecule has 1 amide bonds. The number of aryl methyl sites for hydroxylation is 1. The summed E-state index contributed by atoms with van der Waals surface area (Å²) in [6.07, 6.45) is 2.96. The molecule has 1 aliphatic rings. The first kappa shape index (κ1) is 17.2. The predicted octanol–water partition coefficient (Wildman–Crippen LogP) is 1.99. The van der Waals surface area contributed by atoms with E-state index < -0.39 is 0 Å². The largest absolute Gasteiger partial charge is 0.345 e. The van der Waals surface area contributed by atoms with Crippen LogP contribution in [0.25, 0.3) is 22.4 Å². The number of likely N-dealkylation sites (tertiary alicyclic amines) is 1. The molecule has 4 rings (SSSR count). The van der Waals surface area contributed by atoms with Crippen LogP contribution in [0, 0.1) is 12.8 Å². The van der Waals surface area contributed by atoms with Crippen molar-refractivity contribution in [2.75, 3.05) is 13.6 Å². The molecule has 3 heterocycles. The molecular formula is C20H20N4O3. The molecule has 1 aromatic carbocycles. The van der Waals surface area contributed by atoms with Gasteiger partial charge in [-0.3, -0.25) is 14.4 Å². The second-order valence-electron chi connectivity index (χ2n) is 7.16. The third-order valence-corrected chi connectivity index (χ3v) is 5.12. The SMILES string of the molecule is Cc1cc(-c2nc3cc(C=O)ccc3n2CC2CC(=O)N(C)C2)c[nH]c1=O. The highest BCUT2D eigenvalue weighted by Gasteiger charge is 2.28. The summed E-state index contributed by atoms with van der Waals surface area (Å²) >= 11 is 0. The lowest BCUT2D eigenvalue weighted by Gasteiger charge is -2.14. The zero-order valence-corrected chi connectivity index (χ0v) is 15.2. The summed E-state index contributed by atoms with van der Waals surface area (Å²) in [4.78, 5) is 44.0. The summed E-state index contributed by atoms with van der Waals surface area (Å²) in [5.41, 5.74) is 3.46. The van der Waals surface area contributed by atoms with Crippen LogP contribution in [-0.4, -0.2) is 45.2 Å². The maximum atomic E-state index is 11.9. The maximum absolute atomic E-state index is 11.9. The number of amides is 1. The second kappa shape index (κ2) is 6.50. The van der Waals surface area contributed by atoms with Gasteiger partial charge in [-0.05, 0) is 31.2 Å². The minimum absolute atomic E-state index is 0.132. The van der Waals surface area contributed by atoms with Crippen LogP contribution in [0.1, 0.15) is 22.3 Å². The predicted molar refractivity (Wildman–Crippen MR) is 102 cm³/mol. The van der Waals surface area contributed by atoms with Crippen molar-refractivity contribution in [2.24, 2.45) is 5.92 Å². The number of nitrogens with zero attached hydrogens (tertiary/aromatic N) is 3. The van der Waals surface area contributed by atoms with Gasteiger partial charge in [-0.1, -0.05) is 0 Å². The quantitative estimate of drug-likeness (QED) is 0.717. The summed E-state index contributed by atoms with van der Waals surface area (Å²) in [5.74, 6) is 1.05. The molecule has 27 heavy (non-hydrogen) atoms. The van der Waals surface area contributed by atoms with Gasteiger partial charge in [-0.15, -0.1) is 0 Å². The molecule has 0 aliphatic carbocycles. The van der Waals surface area contributed by atoms with Crippen LogP contribution in [0.2, 0.25) is 0 Å². The van der Waals surface area contributed by atoms with E-state index in [4.69, 9.17) is 4.98 Å². The number of nitrogens with one attached hydrogen (secondary N) is 1. The molecule has 0 radical (unpaired) electrons. The molecule has 1 atom stereocenters. The van der Waals surface area contributed by atoms with Gasteiger partial charge in [0, 0.05) is 55.4 Å². The first-order valence-electron chi connectivity index (χ1n) is 8.85. The van der Waals surface area contributed by atoms with Gasteiger partial charge in [0.25, 0.3) is 5.56 Å². The lowest BCUT2D eigenvalue weighted by Crippen LogP contribution is -2.20. The molecule has 1 N–H and O–H groups in total. The van der Waals surface area contributed by atoms with E-state index in [-0.39, 0.29) is 17.4 Å². The van der Waals surface area contributed by atoms with Gasteiger partial charge >= 0.3 is 0 Å². The van der Waals surface area contributed by atoms with Crippen molar-refractivity contribution < 1.29 is 9.59 Å². The fraction of sp³-hybridized carbons (Fsp3) is 0.300. The number of pyridine rings is 1. The highest BCUT2D eigenvalue weighted by molar-refractivity contribution is 5.87. The molecule has 7 heteroatoms. The number of H-pyrrole nitrogens is 1. The number of carbonyl (C=O) groups excluding carboxylic acids is 2. The van der Waals surface area contributed by atoms with Gasteiger partial charge in [0.2, 0.25) is 5.91 Å². The molecule has 0 bridgehead atoms. The van der Waals surface area contributed by atoms with Crippen molar-refractivity contribution in [3.05, 3.63) is 51.9 Å². The van der Waals surface area contributed by atoms with Crippen molar-refractivity contribution in [3.63, 3.8) is 0 Å². The van der Waals surface area contributed by atoms with Crippen LogP contribution in [0.4, 0.5) is 0 Å². The third kappa shape index (κ3) is 3.05. The molecule has 3 aromatic rings. The minimum Gasteiger partial charge on any atom is -0.345 e. The number of fused-ring (bicyclic) bond motifs is 1. The Bertz CT molecular complexity index is 1110. The van der Waals surface area contributed by atoms with Crippen LogP contribution in [-0.2, 0) is 11.3 Å². The van der Waals surface area contributed by atoms with Gasteiger partial charge in [0.1, 0.15) is 12.1 Å². The highest BCUT2D eigenvalue weighted by Crippen LogP contribution is 2.28. The molecule has 7 nitrogen and oxygen atoms in total. The van der Waals surface area contributed by atoms with Gasteiger partial charge in [0.15, 0.2) is 0 Å². The highest BCUT2D eigenvalue weighted by atomic mass is 16.2. The molecule has 0 saturated carbocycles. The summed E-state index contributed by atoms with van der Waals surface area (Å²) in [6.45, 7) is 3.10. The lowest BCUT2D eigenvalue weighted by molar-refractivity contribution is -0.126. The van der Waals surface area contributed by atoms with E-state index in [9.17, 15) is 14.4 Å². The van der Waals surface area contributed by atoms with Gasteiger partial charge < -0.3 is 14.5 Å². The average Bonchev–Trinajstić information content (AvgIpc) is 3.17. The van der Waals surface area contributed by atoms with Crippen molar-refractivity contribution in [1.29, 1.82) is 0 Å². The Morgan fingerprint density at radius 3 is 2.78 bits per heavy atom. The van der Waals surface area contributed by atoms with Crippen molar-refractivity contribution in [3.8, 4) is 11.4 Å². The summed E-state index contributed by atoms with van der Waals surface area (Å²) in [5, 5.41) is 0. The van der Waals surface area contributed by atoms with E-state index in [1.807, 2.05) is 19.2 Å². The monoisotopic (exact) mass is 364 g/mol. The molecule has 1 aliphatic heterocycles. The molecular weight excluding hydrogens is 344 g/mol. The smallest absolute Gasteiger partial charge is 0.250 e. The zero-order valence-electron chi connectivity index (χ0n) is 15.2. The van der Waals surface area contributed by atoms with Crippen LogP contribution in [0.5, 0.6) is 0 Å². The number of benzene rings is 1. The number of aldehydes is 1. The number of aromatic amines is 1. The first-order valence-corrected chi connectivity index (χ1v) is 8.85. The van der Waals surface area contributed by atoms with Crippen LogP contribution >= 0.6 is 0 Å². The number of carbonyl (C=O) groups is 2. The van der Waals surface area contributed by atoms with Crippen molar-refractivity contribution in [1.82, 2.24) is 19.4 Å². The van der Waals surface area contributed by atoms with Crippen molar-refractivity contribution >= 4 is 23.2 Å². The number of rotatable bonds is 4. The van der Waals surface area contributed by atoms with Crippen LogP contribution < -0.4 is 5.56 Å². The topological polar surface area (TPSA) is 88.1 Å². The van der Waals surface area contributed by atoms with Gasteiger partial charge in [-0.2, -0.15) is 0 Å².